The second-order valence-corrected chi connectivity index (χ2v) is 7.35. The minimum Gasteiger partial charge on any atom is -0.392 e. The lowest BCUT2D eigenvalue weighted by Gasteiger charge is -2.29. The lowest BCUT2D eigenvalue weighted by atomic mass is 9.95. The molecule has 4 nitrogen and oxygen atoms in total. The number of likely N-dealkylation sites (tertiary alicyclic amines) is 1. The standard InChI is InChI=1S/C17H30N2O2/c20-15-10-16(17(21)18-14-8-2-1-3-9-14)19(12-15)11-13-6-4-5-7-13/h13-16,20H,1-12H2,(H,18,21)/t15?,16-/m1/s1. The fourth-order valence-corrected chi connectivity index (χ4v) is 4.42. The van der Waals surface area contributed by atoms with Crippen LogP contribution in [0.5, 0.6) is 0 Å². The Labute approximate surface area is 128 Å². The number of nitrogens with zero attached hydrogens (tertiary/aromatic N) is 1. The molecule has 1 amide bonds. The van der Waals surface area contributed by atoms with Crippen LogP contribution in [0.15, 0.2) is 0 Å². The number of carbonyl (C=O) groups excluding carboxylic acids is 1. The Morgan fingerprint density at radius 1 is 1.05 bits per heavy atom. The van der Waals surface area contributed by atoms with E-state index in [1.54, 1.807) is 0 Å². The molecule has 0 radical (unpaired) electrons. The van der Waals surface area contributed by atoms with Gasteiger partial charge in [0.25, 0.3) is 0 Å². The number of hydrogen-bond acceptors (Lipinski definition) is 3. The minimum atomic E-state index is -0.325. The van der Waals surface area contributed by atoms with E-state index in [1.165, 1.54) is 44.9 Å². The molecule has 1 aliphatic heterocycles. The van der Waals surface area contributed by atoms with Crippen LogP contribution in [0.2, 0.25) is 0 Å². The molecule has 4 heteroatoms. The number of rotatable bonds is 4. The van der Waals surface area contributed by atoms with Crippen LogP contribution in [0.3, 0.4) is 0 Å². The topological polar surface area (TPSA) is 52.6 Å². The van der Waals surface area contributed by atoms with Crippen molar-refractivity contribution in [2.45, 2.75) is 82.4 Å². The molecule has 0 bridgehead atoms. The van der Waals surface area contributed by atoms with Gasteiger partial charge in [0.1, 0.15) is 0 Å². The van der Waals surface area contributed by atoms with Crippen molar-refractivity contribution < 1.29 is 9.90 Å². The van der Waals surface area contributed by atoms with E-state index in [2.05, 4.69) is 10.2 Å². The van der Waals surface area contributed by atoms with Crippen LogP contribution in [0.1, 0.15) is 64.2 Å². The van der Waals surface area contributed by atoms with E-state index < -0.39 is 0 Å². The SMILES string of the molecule is O=C(NC1CCCCC1)[C@H]1CC(O)CN1CC1CCCC1. The molecule has 3 rings (SSSR count). The average molecular weight is 294 g/mol. The minimum absolute atomic E-state index is 0.0949. The van der Waals surface area contributed by atoms with Gasteiger partial charge in [-0.1, -0.05) is 32.1 Å². The monoisotopic (exact) mass is 294 g/mol. The maximum Gasteiger partial charge on any atom is 0.237 e. The fourth-order valence-electron chi connectivity index (χ4n) is 4.42. The van der Waals surface area contributed by atoms with E-state index in [0.717, 1.165) is 25.3 Å². The van der Waals surface area contributed by atoms with E-state index in [4.69, 9.17) is 0 Å². The summed E-state index contributed by atoms with van der Waals surface area (Å²) in [6.07, 6.45) is 11.6. The number of nitrogens with one attached hydrogen (secondary N) is 1. The fraction of sp³-hybridized carbons (Fsp3) is 0.941. The zero-order valence-corrected chi connectivity index (χ0v) is 13.1. The van der Waals surface area contributed by atoms with E-state index >= 15 is 0 Å². The molecule has 0 aromatic carbocycles. The molecule has 2 saturated carbocycles. The molecule has 1 unspecified atom stereocenters. The van der Waals surface area contributed by atoms with Gasteiger partial charge in [-0.3, -0.25) is 9.69 Å². The Morgan fingerprint density at radius 3 is 2.43 bits per heavy atom. The van der Waals surface area contributed by atoms with Gasteiger partial charge in [0.05, 0.1) is 12.1 Å². The molecule has 21 heavy (non-hydrogen) atoms. The predicted octanol–water partition coefficient (Wildman–Crippen LogP) is 2.06. The normalized spacial score (nSPS) is 32.6. The van der Waals surface area contributed by atoms with Gasteiger partial charge >= 0.3 is 0 Å². The van der Waals surface area contributed by atoms with Crippen LogP contribution in [0.4, 0.5) is 0 Å². The first-order valence-electron chi connectivity index (χ1n) is 8.95. The van der Waals surface area contributed by atoms with Gasteiger partial charge in [0, 0.05) is 19.1 Å². The van der Waals surface area contributed by atoms with Crippen LogP contribution in [-0.2, 0) is 4.79 Å². The second kappa shape index (κ2) is 7.10. The average Bonchev–Trinajstić information content (AvgIpc) is 3.10. The van der Waals surface area contributed by atoms with E-state index in [9.17, 15) is 9.90 Å². The van der Waals surface area contributed by atoms with Crippen molar-refractivity contribution in [3.8, 4) is 0 Å². The highest BCUT2D eigenvalue weighted by molar-refractivity contribution is 5.82. The molecule has 1 saturated heterocycles. The number of hydrogen-bond donors (Lipinski definition) is 2. The molecular formula is C17H30N2O2. The summed E-state index contributed by atoms with van der Waals surface area (Å²) in [7, 11) is 0. The van der Waals surface area contributed by atoms with E-state index in [1.807, 2.05) is 0 Å². The van der Waals surface area contributed by atoms with Gasteiger partial charge in [-0.2, -0.15) is 0 Å². The quantitative estimate of drug-likeness (QED) is 0.834. The van der Waals surface area contributed by atoms with Crippen molar-refractivity contribution in [1.82, 2.24) is 10.2 Å². The Bertz CT molecular complexity index is 349. The summed E-state index contributed by atoms with van der Waals surface area (Å²) < 4.78 is 0. The number of amides is 1. The Morgan fingerprint density at radius 2 is 1.71 bits per heavy atom. The lowest BCUT2D eigenvalue weighted by Crippen LogP contribution is -2.48. The van der Waals surface area contributed by atoms with Gasteiger partial charge in [0.15, 0.2) is 0 Å². The molecule has 120 valence electrons. The molecule has 2 atom stereocenters. The summed E-state index contributed by atoms with van der Waals surface area (Å²) >= 11 is 0. The van der Waals surface area contributed by atoms with E-state index in [0.29, 0.717) is 19.0 Å². The summed E-state index contributed by atoms with van der Waals surface area (Å²) in [4.78, 5) is 14.8. The summed E-state index contributed by atoms with van der Waals surface area (Å²) in [5.74, 6) is 0.900. The molecule has 0 aromatic heterocycles. The zero-order chi connectivity index (χ0) is 14.7. The van der Waals surface area contributed by atoms with Gasteiger partial charge < -0.3 is 10.4 Å². The van der Waals surface area contributed by atoms with Crippen molar-refractivity contribution >= 4 is 5.91 Å². The third-order valence-corrected chi connectivity index (χ3v) is 5.60. The summed E-state index contributed by atoms with van der Waals surface area (Å²) in [5, 5.41) is 13.2. The molecule has 2 N–H and O–H groups in total. The largest absolute Gasteiger partial charge is 0.392 e. The summed E-state index contributed by atoms with van der Waals surface area (Å²) in [6, 6.07) is 0.278. The number of β-amino-alcohol motifs (C(OH)–C–C–N with tert-alkyl or cyclic N) is 1. The van der Waals surface area contributed by atoms with E-state index in [-0.39, 0.29) is 18.1 Å². The maximum absolute atomic E-state index is 12.6. The van der Waals surface area contributed by atoms with Crippen molar-refractivity contribution in [3.63, 3.8) is 0 Å². The highest BCUT2D eigenvalue weighted by Gasteiger charge is 2.37. The van der Waals surface area contributed by atoms with Crippen molar-refractivity contribution in [3.05, 3.63) is 0 Å². The molecule has 2 aliphatic carbocycles. The first-order chi connectivity index (χ1) is 10.2. The van der Waals surface area contributed by atoms with Crippen molar-refractivity contribution in [1.29, 1.82) is 0 Å². The van der Waals surface area contributed by atoms with Crippen molar-refractivity contribution in [2.24, 2.45) is 5.92 Å². The Hall–Kier alpha value is -0.610. The number of carbonyl (C=O) groups is 1. The summed E-state index contributed by atoms with van der Waals surface area (Å²) in [6.45, 7) is 1.68. The van der Waals surface area contributed by atoms with Gasteiger partial charge in [-0.05, 0) is 38.0 Å². The van der Waals surface area contributed by atoms with Crippen molar-refractivity contribution in [2.75, 3.05) is 13.1 Å². The van der Waals surface area contributed by atoms with Crippen LogP contribution in [0, 0.1) is 5.92 Å². The van der Waals surface area contributed by atoms with Gasteiger partial charge in [0.2, 0.25) is 5.91 Å². The third-order valence-electron chi connectivity index (χ3n) is 5.60. The maximum atomic E-state index is 12.6. The predicted molar refractivity (Wildman–Crippen MR) is 83.0 cm³/mol. The highest BCUT2D eigenvalue weighted by atomic mass is 16.3. The number of aliphatic hydroxyl groups excluding tert-OH is 1. The van der Waals surface area contributed by atoms with Gasteiger partial charge in [-0.25, -0.2) is 0 Å². The Balaban J connectivity index is 1.54. The van der Waals surface area contributed by atoms with Crippen LogP contribution >= 0.6 is 0 Å². The third kappa shape index (κ3) is 3.98. The second-order valence-electron chi connectivity index (χ2n) is 7.35. The first kappa shape index (κ1) is 15.3. The molecule has 0 spiro atoms. The lowest BCUT2D eigenvalue weighted by molar-refractivity contribution is -0.126. The Kier molecular flexibility index (Phi) is 5.17. The molecule has 0 aromatic rings. The molecule has 3 fully saturated rings. The van der Waals surface area contributed by atoms with Crippen LogP contribution in [-0.4, -0.2) is 47.2 Å². The molecule has 1 heterocycles. The summed E-state index contributed by atoms with van der Waals surface area (Å²) in [5.41, 5.74) is 0. The molecule has 3 aliphatic rings. The van der Waals surface area contributed by atoms with Crippen LogP contribution in [0.25, 0.3) is 0 Å². The number of aliphatic hydroxyl groups is 1. The molecular weight excluding hydrogens is 264 g/mol. The highest BCUT2D eigenvalue weighted by Crippen LogP contribution is 2.29. The first-order valence-corrected chi connectivity index (χ1v) is 8.95. The van der Waals surface area contributed by atoms with Crippen LogP contribution < -0.4 is 5.32 Å². The van der Waals surface area contributed by atoms with Gasteiger partial charge in [-0.15, -0.1) is 0 Å². The zero-order valence-electron chi connectivity index (χ0n) is 13.1. The smallest absolute Gasteiger partial charge is 0.237 e.